The molecule has 20 heavy (non-hydrogen) atoms. The molecule has 1 heterocycles. The zero-order valence-corrected chi connectivity index (χ0v) is 11.1. The van der Waals surface area contributed by atoms with Crippen molar-refractivity contribution in [3.8, 4) is 0 Å². The smallest absolute Gasteiger partial charge is 0.231 e. The van der Waals surface area contributed by atoms with Crippen LogP contribution in [0.5, 0.6) is 0 Å². The molecule has 0 fully saturated rings. The van der Waals surface area contributed by atoms with Gasteiger partial charge in [-0.1, -0.05) is 18.2 Å². The lowest BCUT2D eigenvalue weighted by molar-refractivity contribution is -0.124. The number of carbonyl (C=O) groups excluding carboxylic acids is 2. The van der Waals surface area contributed by atoms with Gasteiger partial charge in [-0.05, 0) is 31.2 Å². The number of aromatic nitrogens is 1. The average Bonchev–Trinajstić information content (AvgIpc) is 2.41. The summed E-state index contributed by atoms with van der Waals surface area (Å²) in [6.45, 7) is 1.38. The van der Waals surface area contributed by atoms with E-state index in [1.807, 2.05) is 30.3 Å². The molecule has 0 spiro atoms. The summed E-state index contributed by atoms with van der Waals surface area (Å²) < 4.78 is 0. The molecule has 0 aliphatic carbocycles. The van der Waals surface area contributed by atoms with Crippen molar-refractivity contribution >= 4 is 28.9 Å². The zero-order valence-electron chi connectivity index (χ0n) is 11.1. The standard InChI is InChI=1S/C15H15N3O2/c1-11(19)10-14(20)18-13-8-5-9-16-15(13)17-12-6-3-2-4-7-12/h2-9H,10H2,1H3,(H,16,17)(H,18,20). The lowest BCUT2D eigenvalue weighted by atomic mass is 10.2. The van der Waals surface area contributed by atoms with Gasteiger partial charge in [0, 0.05) is 11.9 Å². The minimum atomic E-state index is -0.346. The van der Waals surface area contributed by atoms with Gasteiger partial charge in [-0.3, -0.25) is 9.59 Å². The van der Waals surface area contributed by atoms with Crippen LogP contribution in [-0.2, 0) is 9.59 Å². The number of Topliss-reactive ketones (excluding diaryl/α,β-unsaturated/α-hetero) is 1. The van der Waals surface area contributed by atoms with Crippen molar-refractivity contribution in [3.05, 3.63) is 48.7 Å². The number of carbonyl (C=O) groups is 2. The van der Waals surface area contributed by atoms with Crippen LogP contribution in [0.25, 0.3) is 0 Å². The maximum absolute atomic E-state index is 11.6. The van der Waals surface area contributed by atoms with Crippen molar-refractivity contribution < 1.29 is 9.59 Å². The molecule has 2 aromatic rings. The van der Waals surface area contributed by atoms with E-state index < -0.39 is 0 Å². The molecule has 0 unspecified atom stereocenters. The monoisotopic (exact) mass is 269 g/mol. The molecule has 0 atom stereocenters. The highest BCUT2D eigenvalue weighted by atomic mass is 16.2. The number of hydrogen-bond acceptors (Lipinski definition) is 4. The molecule has 0 saturated heterocycles. The van der Waals surface area contributed by atoms with Gasteiger partial charge >= 0.3 is 0 Å². The molecule has 1 amide bonds. The maximum Gasteiger partial charge on any atom is 0.231 e. The van der Waals surface area contributed by atoms with Gasteiger partial charge in [-0.2, -0.15) is 0 Å². The van der Waals surface area contributed by atoms with Gasteiger partial charge in [0.2, 0.25) is 5.91 Å². The number of para-hydroxylation sites is 1. The first-order valence-corrected chi connectivity index (χ1v) is 6.21. The lowest BCUT2D eigenvalue weighted by Crippen LogP contribution is -2.16. The summed E-state index contributed by atoms with van der Waals surface area (Å²) in [5.74, 6) is 0.0150. The average molecular weight is 269 g/mol. The normalized spacial score (nSPS) is 9.85. The Kier molecular flexibility index (Phi) is 4.44. The molecule has 0 aliphatic heterocycles. The van der Waals surface area contributed by atoms with Gasteiger partial charge in [-0.25, -0.2) is 4.98 Å². The van der Waals surface area contributed by atoms with Crippen LogP contribution < -0.4 is 10.6 Å². The fourth-order valence-electron chi connectivity index (χ4n) is 1.68. The van der Waals surface area contributed by atoms with Crippen LogP contribution in [0.1, 0.15) is 13.3 Å². The van der Waals surface area contributed by atoms with Crippen LogP contribution in [0.15, 0.2) is 48.7 Å². The van der Waals surface area contributed by atoms with Crippen molar-refractivity contribution in [2.45, 2.75) is 13.3 Å². The van der Waals surface area contributed by atoms with Crippen LogP contribution in [-0.4, -0.2) is 16.7 Å². The second-order valence-corrected chi connectivity index (χ2v) is 4.32. The van der Waals surface area contributed by atoms with Crippen LogP contribution in [0, 0.1) is 0 Å². The van der Waals surface area contributed by atoms with Gasteiger partial charge in [0.1, 0.15) is 5.78 Å². The Bertz CT molecular complexity index is 612. The number of amides is 1. The van der Waals surface area contributed by atoms with E-state index in [1.54, 1.807) is 18.3 Å². The fourth-order valence-corrected chi connectivity index (χ4v) is 1.68. The second-order valence-electron chi connectivity index (χ2n) is 4.32. The Morgan fingerprint density at radius 2 is 1.85 bits per heavy atom. The van der Waals surface area contributed by atoms with Gasteiger partial charge < -0.3 is 10.6 Å². The molecule has 1 aromatic heterocycles. The predicted octanol–water partition coefficient (Wildman–Crippen LogP) is 2.74. The molecular weight excluding hydrogens is 254 g/mol. The quantitative estimate of drug-likeness (QED) is 0.819. The lowest BCUT2D eigenvalue weighted by Gasteiger charge is -2.11. The largest absolute Gasteiger partial charge is 0.339 e. The predicted molar refractivity (Wildman–Crippen MR) is 77.9 cm³/mol. The minimum absolute atomic E-state index is 0.139. The number of ketones is 1. The molecule has 0 saturated carbocycles. The van der Waals surface area contributed by atoms with E-state index in [-0.39, 0.29) is 18.1 Å². The Morgan fingerprint density at radius 1 is 1.10 bits per heavy atom. The summed E-state index contributed by atoms with van der Waals surface area (Å²) in [6, 6.07) is 13.0. The van der Waals surface area contributed by atoms with Gasteiger partial charge in [0.05, 0.1) is 12.1 Å². The van der Waals surface area contributed by atoms with Gasteiger partial charge in [-0.15, -0.1) is 0 Å². The summed E-state index contributed by atoms with van der Waals surface area (Å²) in [5, 5.41) is 5.80. The molecule has 0 aliphatic rings. The maximum atomic E-state index is 11.6. The van der Waals surface area contributed by atoms with Gasteiger partial charge in [0.25, 0.3) is 0 Å². The third kappa shape index (κ3) is 3.91. The van der Waals surface area contributed by atoms with Crippen molar-refractivity contribution in [2.24, 2.45) is 0 Å². The SMILES string of the molecule is CC(=O)CC(=O)Nc1cccnc1Nc1ccccc1. The molecule has 0 bridgehead atoms. The molecule has 5 nitrogen and oxygen atoms in total. The molecular formula is C15H15N3O2. The van der Waals surface area contributed by atoms with E-state index >= 15 is 0 Å². The number of anilines is 3. The molecule has 1 aromatic carbocycles. The third-order valence-corrected chi connectivity index (χ3v) is 2.53. The van der Waals surface area contributed by atoms with E-state index in [4.69, 9.17) is 0 Å². The first-order chi connectivity index (χ1) is 9.65. The molecule has 2 N–H and O–H groups in total. The summed E-state index contributed by atoms with van der Waals surface area (Å²) in [7, 11) is 0. The van der Waals surface area contributed by atoms with Gasteiger partial charge in [0.15, 0.2) is 5.82 Å². The highest BCUT2D eigenvalue weighted by Gasteiger charge is 2.09. The summed E-state index contributed by atoms with van der Waals surface area (Å²) in [4.78, 5) is 26.8. The number of rotatable bonds is 5. The van der Waals surface area contributed by atoms with Crippen LogP contribution in [0.4, 0.5) is 17.2 Å². The zero-order chi connectivity index (χ0) is 14.4. The molecule has 5 heteroatoms. The Morgan fingerprint density at radius 3 is 2.55 bits per heavy atom. The van der Waals surface area contributed by atoms with Crippen LogP contribution in [0.2, 0.25) is 0 Å². The Hall–Kier alpha value is -2.69. The van der Waals surface area contributed by atoms with Crippen LogP contribution >= 0.6 is 0 Å². The van der Waals surface area contributed by atoms with E-state index in [0.717, 1.165) is 5.69 Å². The van der Waals surface area contributed by atoms with Crippen molar-refractivity contribution in [1.82, 2.24) is 4.98 Å². The second kappa shape index (κ2) is 6.47. The fraction of sp³-hybridized carbons (Fsp3) is 0.133. The molecule has 0 radical (unpaired) electrons. The van der Waals surface area contributed by atoms with E-state index in [9.17, 15) is 9.59 Å². The number of benzene rings is 1. The highest BCUT2D eigenvalue weighted by Crippen LogP contribution is 2.22. The Balaban J connectivity index is 2.14. The number of nitrogens with one attached hydrogen (secondary N) is 2. The molecule has 102 valence electrons. The third-order valence-electron chi connectivity index (χ3n) is 2.53. The summed E-state index contributed by atoms with van der Waals surface area (Å²) in [6.07, 6.45) is 1.49. The van der Waals surface area contributed by atoms with Crippen molar-refractivity contribution in [3.63, 3.8) is 0 Å². The minimum Gasteiger partial charge on any atom is -0.339 e. The van der Waals surface area contributed by atoms with Crippen molar-refractivity contribution in [2.75, 3.05) is 10.6 Å². The van der Waals surface area contributed by atoms with E-state index in [1.165, 1.54) is 6.92 Å². The first kappa shape index (κ1) is 13.7. The van der Waals surface area contributed by atoms with Crippen LogP contribution in [0.3, 0.4) is 0 Å². The summed E-state index contributed by atoms with van der Waals surface area (Å²) in [5.41, 5.74) is 1.41. The number of hydrogen-bond donors (Lipinski definition) is 2. The summed E-state index contributed by atoms with van der Waals surface area (Å²) >= 11 is 0. The Labute approximate surface area is 117 Å². The number of pyridine rings is 1. The van der Waals surface area contributed by atoms with Crippen molar-refractivity contribution in [1.29, 1.82) is 0 Å². The topological polar surface area (TPSA) is 71.1 Å². The molecule has 2 rings (SSSR count). The van der Waals surface area contributed by atoms with E-state index in [0.29, 0.717) is 11.5 Å². The number of nitrogens with zero attached hydrogens (tertiary/aromatic N) is 1. The highest BCUT2D eigenvalue weighted by molar-refractivity contribution is 6.04. The van der Waals surface area contributed by atoms with E-state index in [2.05, 4.69) is 15.6 Å². The first-order valence-electron chi connectivity index (χ1n) is 6.21.